The summed E-state index contributed by atoms with van der Waals surface area (Å²) in [7, 11) is 0. The van der Waals surface area contributed by atoms with Crippen LogP contribution in [-0.4, -0.2) is 0 Å². The summed E-state index contributed by atoms with van der Waals surface area (Å²) in [4.78, 5) is 0. The van der Waals surface area contributed by atoms with E-state index in [0.29, 0.717) is 0 Å². The average Bonchev–Trinajstić information content (AvgIpc) is 3.43. The van der Waals surface area contributed by atoms with Crippen molar-refractivity contribution in [1.82, 2.24) is 0 Å². The Bertz CT molecular complexity index is 2060. The normalized spacial score (nSPS) is 13.6. The van der Waals surface area contributed by atoms with Crippen molar-refractivity contribution in [1.29, 1.82) is 0 Å². The number of nitrogens with one attached hydrogen (secondary N) is 1. The molecular formula is C37H27NO. The first-order valence-corrected chi connectivity index (χ1v) is 13.5. The first kappa shape index (κ1) is 22.2. The quantitative estimate of drug-likeness (QED) is 0.260. The van der Waals surface area contributed by atoms with Gasteiger partial charge in [-0.1, -0.05) is 86.6 Å². The highest BCUT2D eigenvalue weighted by molar-refractivity contribution is 6.11. The van der Waals surface area contributed by atoms with Crippen LogP contribution in [0.1, 0.15) is 25.0 Å². The summed E-state index contributed by atoms with van der Waals surface area (Å²) < 4.78 is 6.19. The third-order valence-corrected chi connectivity index (χ3v) is 8.43. The Morgan fingerprint density at radius 3 is 2.03 bits per heavy atom. The van der Waals surface area contributed by atoms with Gasteiger partial charge in [0.15, 0.2) is 0 Å². The van der Waals surface area contributed by atoms with Crippen LogP contribution in [0.15, 0.2) is 126 Å². The Morgan fingerprint density at radius 1 is 0.513 bits per heavy atom. The minimum absolute atomic E-state index is 0.0284. The van der Waals surface area contributed by atoms with E-state index in [2.05, 4.69) is 140 Å². The fourth-order valence-electron chi connectivity index (χ4n) is 6.35. The first-order valence-electron chi connectivity index (χ1n) is 13.5. The van der Waals surface area contributed by atoms with Gasteiger partial charge in [-0.2, -0.15) is 0 Å². The van der Waals surface area contributed by atoms with Crippen LogP contribution in [0.3, 0.4) is 0 Å². The Kier molecular flexibility index (Phi) is 4.60. The van der Waals surface area contributed by atoms with Crippen LogP contribution in [0.5, 0.6) is 0 Å². The topological polar surface area (TPSA) is 25.2 Å². The van der Waals surface area contributed by atoms with Crippen LogP contribution in [0.2, 0.25) is 0 Å². The number of benzene rings is 6. The second kappa shape index (κ2) is 8.09. The van der Waals surface area contributed by atoms with Gasteiger partial charge in [0.25, 0.3) is 0 Å². The lowest BCUT2D eigenvalue weighted by Gasteiger charge is -2.21. The zero-order valence-corrected chi connectivity index (χ0v) is 22.0. The number of hydrogen-bond donors (Lipinski definition) is 1. The lowest BCUT2D eigenvalue weighted by Crippen LogP contribution is -2.14. The molecule has 1 heterocycles. The van der Waals surface area contributed by atoms with Gasteiger partial charge in [-0.3, -0.25) is 0 Å². The van der Waals surface area contributed by atoms with E-state index < -0.39 is 0 Å². The highest BCUT2D eigenvalue weighted by atomic mass is 16.3. The molecule has 0 bridgehead atoms. The molecule has 2 nitrogen and oxygen atoms in total. The van der Waals surface area contributed by atoms with Gasteiger partial charge in [0.1, 0.15) is 11.2 Å². The summed E-state index contributed by atoms with van der Waals surface area (Å²) in [6.45, 7) is 4.63. The number of hydrogen-bond acceptors (Lipinski definition) is 2. The summed E-state index contributed by atoms with van der Waals surface area (Å²) in [6.07, 6.45) is 0. The maximum atomic E-state index is 6.19. The molecule has 1 aliphatic carbocycles. The van der Waals surface area contributed by atoms with E-state index in [1.807, 2.05) is 0 Å². The number of anilines is 2. The van der Waals surface area contributed by atoms with Crippen molar-refractivity contribution in [2.24, 2.45) is 0 Å². The van der Waals surface area contributed by atoms with Crippen LogP contribution in [0.25, 0.3) is 55.0 Å². The Labute approximate surface area is 227 Å². The van der Waals surface area contributed by atoms with Crippen molar-refractivity contribution < 1.29 is 4.42 Å². The molecule has 39 heavy (non-hydrogen) atoms. The Balaban J connectivity index is 1.11. The molecule has 0 radical (unpaired) electrons. The summed E-state index contributed by atoms with van der Waals surface area (Å²) >= 11 is 0. The lowest BCUT2D eigenvalue weighted by atomic mass is 9.82. The van der Waals surface area contributed by atoms with Crippen LogP contribution >= 0.6 is 0 Å². The number of fused-ring (bicyclic) bond motifs is 7. The minimum Gasteiger partial charge on any atom is -0.456 e. The SMILES string of the molecule is CC1(C)c2ccccc2-c2cc(Nc3ccc(-c4ccc5oc6cc7ccccc7cc6c5c4)cc3)ccc21. The molecule has 1 N–H and O–H groups in total. The van der Waals surface area contributed by atoms with Crippen molar-refractivity contribution in [2.45, 2.75) is 19.3 Å². The highest BCUT2D eigenvalue weighted by Crippen LogP contribution is 2.49. The standard InChI is InChI=1S/C37H27NO/c1-37(2)33-10-6-5-9-29(33)30-22-28(16-17-34(30)37)38-27-14-11-23(12-15-27)26-13-18-35-31(20-26)32-19-24-7-3-4-8-25(24)21-36(32)39-35/h3-22,38H,1-2H3. The van der Waals surface area contributed by atoms with E-state index in [-0.39, 0.29) is 5.41 Å². The molecule has 0 amide bonds. The van der Waals surface area contributed by atoms with Gasteiger partial charge in [-0.25, -0.2) is 0 Å². The highest BCUT2D eigenvalue weighted by Gasteiger charge is 2.34. The summed E-state index contributed by atoms with van der Waals surface area (Å²) in [6, 6.07) is 43.5. The maximum Gasteiger partial charge on any atom is 0.136 e. The molecule has 0 saturated heterocycles. The van der Waals surface area contributed by atoms with Crippen molar-refractivity contribution in [3.05, 3.63) is 132 Å². The van der Waals surface area contributed by atoms with Gasteiger partial charge in [-0.05, 0) is 92.7 Å². The predicted octanol–water partition coefficient (Wildman–Crippen LogP) is 10.5. The molecule has 0 aliphatic heterocycles. The third-order valence-electron chi connectivity index (χ3n) is 8.43. The molecule has 0 spiro atoms. The van der Waals surface area contributed by atoms with E-state index >= 15 is 0 Å². The van der Waals surface area contributed by atoms with Gasteiger partial charge >= 0.3 is 0 Å². The summed E-state index contributed by atoms with van der Waals surface area (Å²) in [5, 5.41) is 8.36. The number of furan rings is 1. The zero-order chi connectivity index (χ0) is 26.1. The Hall–Kier alpha value is -4.82. The minimum atomic E-state index is 0.0284. The molecular weight excluding hydrogens is 474 g/mol. The molecule has 1 aromatic heterocycles. The molecule has 8 rings (SSSR count). The summed E-state index contributed by atoms with van der Waals surface area (Å²) in [5.74, 6) is 0. The predicted molar refractivity (Wildman–Crippen MR) is 164 cm³/mol. The second-order valence-corrected chi connectivity index (χ2v) is 11.1. The third kappa shape index (κ3) is 3.42. The molecule has 0 unspecified atom stereocenters. The monoisotopic (exact) mass is 501 g/mol. The smallest absolute Gasteiger partial charge is 0.136 e. The maximum absolute atomic E-state index is 6.19. The Morgan fingerprint density at radius 2 is 1.18 bits per heavy atom. The van der Waals surface area contributed by atoms with Gasteiger partial charge in [-0.15, -0.1) is 0 Å². The largest absolute Gasteiger partial charge is 0.456 e. The van der Waals surface area contributed by atoms with Crippen molar-refractivity contribution in [2.75, 3.05) is 5.32 Å². The second-order valence-electron chi connectivity index (χ2n) is 11.1. The molecule has 6 aromatic carbocycles. The van der Waals surface area contributed by atoms with Gasteiger partial charge < -0.3 is 9.73 Å². The molecule has 0 saturated carbocycles. The first-order chi connectivity index (χ1) is 19.0. The molecule has 1 aliphatic rings. The fraction of sp³-hybridized carbons (Fsp3) is 0.0811. The van der Waals surface area contributed by atoms with E-state index in [4.69, 9.17) is 4.42 Å². The van der Waals surface area contributed by atoms with Crippen LogP contribution in [0, 0.1) is 0 Å². The number of rotatable bonds is 3. The molecule has 0 atom stereocenters. The molecule has 7 aromatic rings. The molecule has 0 fully saturated rings. The van der Waals surface area contributed by atoms with E-state index in [9.17, 15) is 0 Å². The van der Waals surface area contributed by atoms with Gasteiger partial charge in [0.2, 0.25) is 0 Å². The van der Waals surface area contributed by atoms with Crippen LogP contribution < -0.4 is 5.32 Å². The van der Waals surface area contributed by atoms with Crippen molar-refractivity contribution in [3.63, 3.8) is 0 Å². The van der Waals surface area contributed by atoms with E-state index in [1.54, 1.807) is 0 Å². The van der Waals surface area contributed by atoms with Crippen molar-refractivity contribution >= 4 is 44.1 Å². The van der Waals surface area contributed by atoms with Crippen molar-refractivity contribution in [3.8, 4) is 22.3 Å². The zero-order valence-electron chi connectivity index (χ0n) is 22.0. The average molecular weight is 502 g/mol. The van der Waals surface area contributed by atoms with E-state index in [0.717, 1.165) is 33.3 Å². The molecule has 186 valence electrons. The molecule has 2 heteroatoms. The van der Waals surface area contributed by atoms with E-state index in [1.165, 1.54) is 44.2 Å². The lowest BCUT2D eigenvalue weighted by molar-refractivity contribution is 0.660. The fourth-order valence-corrected chi connectivity index (χ4v) is 6.35. The van der Waals surface area contributed by atoms with Crippen LogP contribution in [-0.2, 0) is 5.41 Å². The summed E-state index contributed by atoms with van der Waals surface area (Å²) in [5.41, 5.74) is 11.9. The van der Waals surface area contributed by atoms with Crippen LogP contribution in [0.4, 0.5) is 11.4 Å². The van der Waals surface area contributed by atoms with Gasteiger partial charge in [0.05, 0.1) is 0 Å². The van der Waals surface area contributed by atoms with Gasteiger partial charge in [0, 0.05) is 27.6 Å².